The first-order valence-corrected chi connectivity index (χ1v) is 11.5. The van der Waals surface area contributed by atoms with Crippen molar-refractivity contribution in [1.82, 2.24) is 0 Å². The average Bonchev–Trinajstić information content (AvgIpc) is 2.73. The van der Waals surface area contributed by atoms with E-state index in [0.717, 1.165) is 11.3 Å². The van der Waals surface area contributed by atoms with Crippen molar-refractivity contribution in [3.8, 4) is 0 Å². The normalized spacial score (nSPS) is 21.1. The monoisotopic (exact) mass is 359 g/mol. The summed E-state index contributed by atoms with van der Waals surface area (Å²) >= 11 is 0. The molecule has 0 saturated heterocycles. The molecule has 0 unspecified atom stereocenters. The highest BCUT2D eigenvalue weighted by atomic mass is 28.4. The zero-order valence-electron chi connectivity index (χ0n) is 17.0. The molecule has 0 bridgehead atoms. The molecule has 0 saturated carbocycles. The number of carbonyl (C=O) groups excluding carboxylic acids is 1. The quantitative estimate of drug-likeness (QED) is 0.487. The lowest BCUT2D eigenvalue weighted by molar-refractivity contribution is -0.120. The van der Waals surface area contributed by atoms with E-state index in [9.17, 15) is 4.79 Å². The Hall–Kier alpha value is -1.55. The van der Waals surface area contributed by atoms with Crippen LogP contribution in [0.5, 0.6) is 0 Å². The van der Waals surface area contributed by atoms with Crippen molar-refractivity contribution in [3.63, 3.8) is 0 Å². The van der Waals surface area contributed by atoms with Crippen LogP contribution in [0.3, 0.4) is 0 Å². The van der Waals surface area contributed by atoms with Crippen LogP contribution in [0, 0.1) is 0 Å². The molecule has 0 spiro atoms. The molecule has 3 nitrogen and oxygen atoms in total. The Morgan fingerprint density at radius 3 is 2.08 bits per heavy atom. The summed E-state index contributed by atoms with van der Waals surface area (Å²) in [7, 11) is -0.131. The van der Waals surface area contributed by atoms with Gasteiger partial charge in [-0.2, -0.15) is 0 Å². The zero-order chi connectivity index (χ0) is 19.0. The fourth-order valence-electron chi connectivity index (χ4n) is 4.64. The van der Waals surface area contributed by atoms with E-state index in [2.05, 4.69) is 41.5 Å². The van der Waals surface area contributed by atoms with Crippen LogP contribution in [-0.4, -0.2) is 21.3 Å². The van der Waals surface area contributed by atoms with Gasteiger partial charge in [-0.1, -0.05) is 59.7 Å². The Bertz CT molecular complexity index is 644. The predicted molar refractivity (Wildman–Crippen MR) is 108 cm³/mol. The highest BCUT2D eigenvalue weighted by molar-refractivity contribution is 6.77. The molecular formula is C21H33NO2Si. The van der Waals surface area contributed by atoms with E-state index < -0.39 is 13.7 Å². The van der Waals surface area contributed by atoms with Gasteiger partial charge in [0.1, 0.15) is 0 Å². The van der Waals surface area contributed by atoms with Crippen LogP contribution in [0.2, 0.25) is 16.6 Å². The summed E-state index contributed by atoms with van der Waals surface area (Å²) in [6.45, 7) is 15.6. The first kappa shape index (κ1) is 19.8. The van der Waals surface area contributed by atoms with Gasteiger partial charge in [-0.3, -0.25) is 4.79 Å². The molecular weight excluding hydrogens is 326 g/mol. The van der Waals surface area contributed by atoms with Gasteiger partial charge in [-0.15, -0.1) is 0 Å². The van der Waals surface area contributed by atoms with E-state index >= 15 is 0 Å². The van der Waals surface area contributed by atoms with Gasteiger partial charge in [-0.05, 0) is 41.3 Å². The molecule has 1 amide bonds. The number of hydrogen-bond acceptors (Lipinski definition) is 2. The topological polar surface area (TPSA) is 29.5 Å². The second-order valence-electron chi connectivity index (χ2n) is 8.32. The minimum atomic E-state index is -1.97. The number of nitrogens with zero attached hydrogens (tertiary/aromatic N) is 1. The third-order valence-electron chi connectivity index (χ3n) is 5.95. The van der Waals surface area contributed by atoms with Crippen molar-refractivity contribution in [1.29, 1.82) is 0 Å². The minimum Gasteiger partial charge on any atom is -0.548 e. The Morgan fingerprint density at radius 2 is 1.56 bits per heavy atom. The third-order valence-corrected chi connectivity index (χ3v) is 11.9. The van der Waals surface area contributed by atoms with Crippen molar-refractivity contribution in [2.45, 2.75) is 70.5 Å². The van der Waals surface area contributed by atoms with Gasteiger partial charge >= 0.3 is 0 Å². The van der Waals surface area contributed by atoms with E-state index in [1.165, 1.54) is 0 Å². The number of rotatable bonds is 6. The van der Waals surface area contributed by atoms with Crippen LogP contribution in [0.15, 0.2) is 36.6 Å². The molecule has 1 aliphatic rings. The second-order valence-corrected chi connectivity index (χ2v) is 13.7. The van der Waals surface area contributed by atoms with Crippen molar-refractivity contribution in [3.05, 3.63) is 42.2 Å². The largest absolute Gasteiger partial charge is 0.548 e. The highest BCUT2D eigenvalue weighted by Gasteiger charge is 2.47. The molecule has 138 valence electrons. The van der Waals surface area contributed by atoms with E-state index in [1.807, 2.05) is 50.6 Å². The summed E-state index contributed by atoms with van der Waals surface area (Å²) in [6.07, 6.45) is 3.80. The minimum absolute atomic E-state index is 0.0967. The summed E-state index contributed by atoms with van der Waals surface area (Å²) in [6, 6.07) is 8.01. The van der Waals surface area contributed by atoms with Crippen molar-refractivity contribution in [2.24, 2.45) is 0 Å². The maximum absolute atomic E-state index is 12.9. The molecule has 1 aliphatic heterocycles. The SMILES string of the molecule is CC(C)[Si](O/C=C/[C@@]1(C)C(=O)N(C)c2ccccc21)(C(C)C)C(C)C. The number of hydrogen-bond donors (Lipinski definition) is 0. The molecule has 4 heteroatoms. The maximum atomic E-state index is 12.9. The summed E-state index contributed by atoms with van der Waals surface area (Å²) in [5.41, 5.74) is 2.92. The number of anilines is 1. The molecule has 0 fully saturated rings. The lowest BCUT2D eigenvalue weighted by Crippen LogP contribution is -2.46. The van der Waals surface area contributed by atoms with Gasteiger partial charge < -0.3 is 9.33 Å². The number of para-hydroxylation sites is 1. The molecule has 1 heterocycles. The van der Waals surface area contributed by atoms with Crippen LogP contribution in [0.1, 0.15) is 54.0 Å². The number of amides is 1. The van der Waals surface area contributed by atoms with Crippen LogP contribution in [0.4, 0.5) is 5.69 Å². The van der Waals surface area contributed by atoms with Gasteiger partial charge in [0.15, 0.2) is 0 Å². The summed E-state index contributed by atoms with van der Waals surface area (Å²) in [5, 5.41) is 0. The van der Waals surface area contributed by atoms with E-state index in [4.69, 9.17) is 4.43 Å². The average molecular weight is 360 g/mol. The molecule has 1 atom stereocenters. The van der Waals surface area contributed by atoms with Gasteiger partial charge in [0.25, 0.3) is 8.32 Å². The van der Waals surface area contributed by atoms with E-state index in [-0.39, 0.29) is 5.91 Å². The van der Waals surface area contributed by atoms with Crippen LogP contribution in [-0.2, 0) is 14.6 Å². The Labute approximate surface area is 154 Å². The fraction of sp³-hybridized carbons (Fsp3) is 0.571. The van der Waals surface area contributed by atoms with Gasteiger partial charge in [0.2, 0.25) is 5.91 Å². The number of likely N-dealkylation sites (N-methyl/N-ethyl adjacent to an activating group) is 1. The summed E-state index contributed by atoms with van der Waals surface area (Å²) < 4.78 is 6.53. The lowest BCUT2D eigenvalue weighted by atomic mass is 9.84. The number of carbonyl (C=O) groups is 1. The van der Waals surface area contributed by atoms with Gasteiger partial charge in [0, 0.05) is 12.7 Å². The first-order valence-electron chi connectivity index (χ1n) is 9.32. The molecule has 0 radical (unpaired) electrons. The van der Waals surface area contributed by atoms with Crippen molar-refractivity contribution < 1.29 is 9.22 Å². The number of fused-ring (bicyclic) bond motifs is 1. The maximum Gasteiger partial charge on any atom is 0.257 e. The molecule has 0 aliphatic carbocycles. The Balaban J connectivity index is 2.37. The molecule has 0 N–H and O–H groups in total. The highest BCUT2D eigenvalue weighted by Crippen LogP contribution is 2.44. The predicted octanol–water partition coefficient (Wildman–Crippen LogP) is 5.63. The third kappa shape index (κ3) is 3.05. The van der Waals surface area contributed by atoms with Crippen LogP contribution < -0.4 is 4.90 Å². The summed E-state index contributed by atoms with van der Waals surface area (Å²) in [5.74, 6) is 0.0967. The molecule has 1 aromatic rings. The standard InChI is InChI=1S/C21H33NO2Si/c1-15(2)25(16(3)4,17(5)6)24-14-13-21(7)18-11-9-10-12-19(18)22(8)20(21)23/h9-17H,1-8H3/b14-13+/t21-/m1/s1. The van der Waals surface area contributed by atoms with E-state index in [0.29, 0.717) is 16.6 Å². The first-order chi connectivity index (χ1) is 11.6. The Kier molecular flexibility index (Phi) is 5.52. The lowest BCUT2D eigenvalue weighted by Gasteiger charge is -2.41. The summed E-state index contributed by atoms with van der Waals surface area (Å²) in [4.78, 5) is 14.6. The van der Waals surface area contributed by atoms with Crippen LogP contribution in [0.25, 0.3) is 0 Å². The zero-order valence-corrected chi connectivity index (χ0v) is 18.0. The molecule has 0 aromatic heterocycles. The van der Waals surface area contributed by atoms with Crippen molar-refractivity contribution >= 4 is 19.9 Å². The molecule has 1 aromatic carbocycles. The second kappa shape index (κ2) is 6.98. The molecule has 25 heavy (non-hydrogen) atoms. The Morgan fingerprint density at radius 1 is 1.04 bits per heavy atom. The fourth-order valence-corrected chi connectivity index (χ4v) is 9.76. The van der Waals surface area contributed by atoms with Gasteiger partial charge in [-0.25, -0.2) is 0 Å². The van der Waals surface area contributed by atoms with Crippen molar-refractivity contribution in [2.75, 3.05) is 11.9 Å². The van der Waals surface area contributed by atoms with Crippen LogP contribution >= 0.6 is 0 Å². The van der Waals surface area contributed by atoms with E-state index in [1.54, 1.807) is 4.90 Å². The number of benzene rings is 1. The van der Waals surface area contributed by atoms with Gasteiger partial charge in [0.05, 0.1) is 11.7 Å². The molecule has 2 rings (SSSR count). The smallest absolute Gasteiger partial charge is 0.257 e.